The smallest absolute Gasteiger partial charge is 0.402 e. The van der Waals surface area contributed by atoms with Gasteiger partial charge in [-0.1, -0.05) is 12.1 Å². The highest BCUT2D eigenvalue weighted by Gasteiger charge is 2.60. The number of halogens is 3. The summed E-state index contributed by atoms with van der Waals surface area (Å²) in [5.41, 5.74) is 3.43. The Kier molecular flexibility index (Phi) is 5.90. The topological polar surface area (TPSA) is 71.5 Å². The number of ether oxygens (including phenoxy) is 1. The minimum absolute atomic E-state index is 0.0425. The summed E-state index contributed by atoms with van der Waals surface area (Å²) in [5, 5.41) is 0.885. The average Bonchev–Trinajstić information content (AvgIpc) is 3.48. The molecular weight excluding hydrogens is 523 g/mol. The first-order valence-electron chi connectivity index (χ1n) is 12.1. The van der Waals surface area contributed by atoms with Crippen LogP contribution in [0.2, 0.25) is 0 Å². The summed E-state index contributed by atoms with van der Waals surface area (Å²) in [5.74, 6) is 0.685. The Hall–Kier alpha value is -2.47. The van der Waals surface area contributed by atoms with E-state index in [0.717, 1.165) is 50.7 Å². The van der Waals surface area contributed by atoms with E-state index >= 15 is 0 Å². The van der Waals surface area contributed by atoms with Crippen LogP contribution in [0.3, 0.4) is 0 Å². The Bertz CT molecular complexity index is 1440. The van der Waals surface area contributed by atoms with Crippen LogP contribution in [-0.4, -0.2) is 49.6 Å². The predicted molar refractivity (Wildman–Crippen MR) is 136 cm³/mol. The van der Waals surface area contributed by atoms with Crippen molar-refractivity contribution in [1.82, 2.24) is 14.0 Å². The number of nitrogens with one attached hydrogen (secondary N) is 1. The van der Waals surface area contributed by atoms with Gasteiger partial charge in [-0.2, -0.15) is 30.6 Å². The zero-order valence-corrected chi connectivity index (χ0v) is 21.7. The van der Waals surface area contributed by atoms with Crippen molar-refractivity contribution in [2.24, 2.45) is 11.8 Å². The van der Waals surface area contributed by atoms with Crippen LogP contribution in [0.5, 0.6) is 5.75 Å². The van der Waals surface area contributed by atoms with Gasteiger partial charge in [-0.15, -0.1) is 11.3 Å². The number of fused-ring (bicyclic) bond motifs is 1. The maximum atomic E-state index is 13.1. The largest absolute Gasteiger partial charge is 0.497 e. The molecule has 2 fully saturated rings. The first-order chi connectivity index (χ1) is 17.6. The highest BCUT2D eigenvalue weighted by molar-refractivity contribution is 7.87. The maximum absolute atomic E-state index is 13.1. The predicted octanol–water partition coefficient (Wildman–Crippen LogP) is 5.06. The summed E-state index contributed by atoms with van der Waals surface area (Å²) in [6.45, 7) is -1.59. The lowest BCUT2D eigenvalue weighted by Crippen LogP contribution is -2.52. The molecule has 6 rings (SSSR count). The molecule has 0 radical (unpaired) electrons. The molecule has 2 aliphatic carbocycles. The van der Waals surface area contributed by atoms with E-state index < -0.39 is 28.5 Å². The summed E-state index contributed by atoms with van der Waals surface area (Å²) in [4.78, 5) is 5.68. The molecule has 11 heteroatoms. The van der Waals surface area contributed by atoms with Crippen LogP contribution in [0.1, 0.15) is 24.0 Å². The van der Waals surface area contributed by atoms with Crippen molar-refractivity contribution < 1.29 is 26.3 Å². The fourth-order valence-corrected chi connectivity index (χ4v) is 8.90. The third-order valence-electron chi connectivity index (χ3n) is 8.04. The van der Waals surface area contributed by atoms with Crippen molar-refractivity contribution in [3.8, 4) is 26.8 Å². The van der Waals surface area contributed by atoms with Crippen molar-refractivity contribution in [3.05, 3.63) is 59.8 Å². The van der Waals surface area contributed by atoms with Gasteiger partial charge in [0.15, 0.2) is 0 Å². The number of hydrogen-bond acceptors (Lipinski definition) is 5. The molecule has 2 aromatic carbocycles. The standard InChI is InChI=1S/C26H26F3N3O3S2/c1-35-22-8-4-16(5-9-22)23-13-30-24(36-23)18-3-2-17-11-20-6-7-21(12-19(17)10-18)25(20)14-32(15-26(27,28)29)37(33,34)31-25/h2-5,8-10,13,20-21,31H,6-7,11-12,14-15H2,1H3/t20-,21+,25+/m0/s1. The third kappa shape index (κ3) is 4.45. The van der Waals surface area contributed by atoms with Gasteiger partial charge in [-0.05, 0) is 84.5 Å². The minimum Gasteiger partial charge on any atom is -0.497 e. The Balaban J connectivity index is 1.27. The lowest BCUT2D eigenvalue weighted by molar-refractivity contribution is -0.136. The van der Waals surface area contributed by atoms with Gasteiger partial charge in [0.05, 0.1) is 17.5 Å². The number of aromatic nitrogens is 1. The first-order valence-corrected chi connectivity index (χ1v) is 14.4. The Morgan fingerprint density at radius 1 is 1.08 bits per heavy atom. The number of rotatable bonds is 4. The van der Waals surface area contributed by atoms with Crippen molar-refractivity contribution in [2.75, 3.05) is 20.2 Å². The van der Waals surface area contributed by atoms with E-state index in [-0.39, 0.29) is 18.4 Å². The summed E-state index contributed by atoms with van der Waals surface area (Å²) in [6.07, 6.45) is 0.122. The van der Waals surface area contributed by atoms with E-state index in [1.807, 2.05) is 36.5 Å². The monoisotopic (exact) mass is 549 g/mol. The number of hydrogen-bond donors (Lipinski definition) is 1. The van der Waals surface area contributed by atoms with Crippen molar-refractivity contribution in [3.63, 3.8) is 0 Å². The van der Waals surface area contributed by atoms with Gasteiger partial charge < -0.3 is 4.74 Å². The van der Waals surface area contributed by atoms with Gasteiger partial charge in [-0.3, -0.25) is 0 Å². The Morgan fingerprint density at radius 3 is 2.43 bits per heavy atom. The Morgan fingerprint density at radius 2 is 1.76 bits per heavy atom. The number of benzene rings is 2. The Labute approximate surface area is 217 Å². The van der Waals surface area contributed by atoms with E-state index in [9.17, 15) is 21.6 Å². The molecule has 3 aromatic rings. The van der Waals surface area contributed by atoms with E-state index in [0.29, 0.717) is 17.1 Å². The number of alkyl halides is 3. The molecule has 0 unspecified atom stereocenters. The van der Waals surface area contributed by atoms with Crippen molar-refractivity contribution in [1.29, 1.82) is 0 Å². The van der Waals surface area contributed by atoms with Gasteiger partial charge in [0.2, 0.25) is 0 Å². The average molecular weight is 550 g/mol. The summed E-state index contributed by atoms with van der Waals surface area (Å²) in [7, 11) is -2.56. The minimum atomic E-state index is -4.58. The van der Waals surface area contributed by atoms with E-state index in [1.54, 1.807) is 18.4 Å². The molecule has 1 aliphatic heterocycles. The third-order valence-corrected chi connectivity index (χ3v) is 10.7. The van der Waals surface area contributed by atoms with Gasteiger partial charge in [0.25, 0.3) is 10.2 Å². The van der Waals surface area contributed by atoms with Crippen LogP contribution in [0.15, 0.2) is 48.7 Å². The normalized spacial score (nSPS) is 26.8. The molecule has 3 atom stereocenters. The summed E-state index contributed by atoms with van der Waals surface area (Å²) in [6, 6.07) is 14.0. The zero-order valence-electron chi connectivity index (χ0n) is 20.1. The summed E-state index contributed by atoms with van der Waals surface area (Å²) >= 11 is 1.59. The number of nitrogens with zero attached hydrogens (tertiary/aromatic N) is 2. The second kappa shape index (κ2) is 8.79. The van der Waals surface area contributed by atoms with Crippen LogP contribution < -0.4 is 9.46 Å². The fraction of sp³-hybridized carbons (Fsp3) is 0.423. The van der Waals surface area contributed by atoms with Crippen molar-refractivity contribution in [2.45, 2.75) is 37.4 Å². The fourth-order valence-electron chi connectivity index (χ4n) is 6.27. The zero-order chi connectivity index (χ0) is 26.0. The van der Waals surface area contributed by atoms with Crippen LogP contribution in [0, 0.1) is 11.8 Å². The quantitative estimate of drug-likeness (QED) is 0.494. The highest BCUT2D eigenvalue weighted by atomic mass is 32.2. The molecule has 2 heterocycles. The highest BCUT2D eigenvalue weighted by Crippen LogP contribution is 2.51. The van der Waals surface area contributed by atoms with Crippen molar-refractivity contribution >= 4 is 21.5 Å². The summed E-state index contributed by atoms with van der Waals surface area (Å²) < 4.78 is 73.3. The second-order valence-electron chi connectivity index (χ2n) is 10.2. The van der Waals surface area contributed by atoms with Crippen LogP contribution in [-0.2, 0) is 23.1 Å². The molecule has 3 aliphatic rings. The first kappa shape index (κ1) is 24.8. The van der Waals surface area contributed by atoms with Crippen LogP contribution in [0.25, 0.3) is 21.0 Å². The van der Waals surface area contributed by atoms with Gasteiger partial charge in [-0.25, -0.2) is 4.98 Å². The second-order valence-corrected chi connectivity index (χ2v) is 12.9. The molecule has 0 amide bonds. The van der Waals surface area contributed by atoms with E-state index in [4.69, 9.17) is 4.74 Å². The van der Waals surface area contributed by atoms with E-state index in [1.165, 1.54) is 0 Å². The molecule has 6 nitrogen and oxygen atoms in total. The molecule has 196 valence electrons. The molecule has 1 spiro atoms. The SMILES string of the molecule is COc1ccc(-c2cnc(-c3ccc4c(c3)C[C@H]3CC[C@@H](C4)[C@]34CN(CC(F)(F)F)S(=O)(=O)N4)s2)cc1. The number of methoxy groups -OCH3 is 1. The molecule has 37 heavy (non-hydrogen) atoms. The molecule has 2 bridgehead atoms. The van der Waals surface area contributed by atoms with Gasteiger partial charge >= 0.3 is 6.18 Å². The molecule has 1 N–H and O–H groups in total. The van der Waals surface area contributed by atoms with Gasteiger partial charge in [0.1, 0.15) is 17.3 Å². The molecular formula is C26H26F3N3O3S2. The lowest BCUT2D eigenvalue weighted by atomic mass is 9.79. The molecule has 1 saturated heterocycles. The van der Waals surface area contributed by atoms with Gasteiger partial charge in [0, 0.05) is 18.3 Å². The van der Waals surface area contributed by atoms with E-state index in [2.05, 4.69) is 21.8 Å². The lowest BCUT2D eigenvalue weighted by Gasteiger charge is -2.33. The molecule has 1 saturated carbocycles. The van der Waals surface area contributed by atoms with Crippen LogP contribution >= 0.6 is 11.3 Å². The van der Waals surface area contributed by atoms with Crippen LogP contribution in [0.4, 0.5) is 13.2 Å². The molecule has 1 aromatic heterocycles. The number of thiazole rings is 1. The maximum Gasteiger partial charge on any atom is 0.402 e.